The molecule has 0 atom stereocenters. The van der Waals surface area contributed by atoms with Crippen molar-refractivity contribution in [3.63, 3.8) is 0 Å². The van der Waals surface area contributed by atoms with Crippen LogP contribution in [0, 0.1) is 11.3 Å². The van der Waals surface area contributed by atoms with Gasteiger partial charge in [0.1, 0.15) is 11.8 Å². The third kappa shape index (κ3) is 2.59. The quantitative estimate of drug-likeness (QED) is 0.706. The van der Waals surface area contributed by atoms with Crippen LogP contribution in [0.15, 0.2) is 42.5 Å². The lowest BCUT2D eigenvalue weighted by Crippen LogP contribution is -2.04. The van der Waals surface area contributed by atoms with E-state index < -0.39 is 0 Å². The van der Waals surface area contributed by atoms with Crippen molar-refractivity contribution in [3.8, 4) is 23.1 Å². The molecule has 4 nitrogen and oxygen atoms in total. The first-order valence-electron chi connectivity index (χ1n) is 7.74. The summed E-state index contributed by atoms with van der Waals surface area (Å²) in [5, 5.41) is 20.4. The van der Waals surface area contributed by atoms with Crippen LogP contribution in [0.3, 0.4) is 0 Å². The van der Waals surface area contributed by atoms with Gasteiger partial charge in [0.25, 0.3) is 0 Å². The van der Waals surface area contributed by atoms with Gasteiger partial charge in [0.05, 0.1) is 16.8 Å². The molecule has 0 spiro atoms. The predicted molar refractivity (Wildman–Crippen MR) is 101 cm³/mol. The summed E-state index contributed by atoms with van der Waals surface area (Å²) in [4.78, 5) is 0. The van der Waals surface area contributed by atoms with Gasteiger partial charge in [0.15, 0.2) is 0 Å². The Kier molecular flexibility index (Phi) is 4.41. The Balaban J connectivity index is 2.24. The maximum atomic E-state index is 9.81. The minimum atomic E-state index is 0.211. The van der Waals surface area contributed by atoms with Crippen LogP contribution < -0.4 is 4.31 Å². The maximum absolute atomic E-state index is 9.81. The first-order chi connectivity index (χ1) is 11.6. The summed E-state index contributed by atoms with van der Waals surface area (Å²) in [7, 11) is 2.02. The third-order valence-electron chi connectivity index (χ3n) is 4.25. The predicted octanol–water partition coefficient (Wildman–Crippen LogP) is 4.62. The van der Waals surface area contributed by atoms with Crippen molar-refractivity contribution in [1.29, 1.82) is 5.26 Å². The molecule has 0 aliphatic carbocycles. The number of anilines is 1. The van der Waals surface area contributed by atoms with Crippen molar-refractivity contribution in [2.24, 2.45) is 0 Å². The summed E-state index contributed by atoms with van der Waals surface area (Å²) in [5.41, 5.74) is 4.55. The molecule has 3 rings (SSSR count). The van der Waals surface area contributed by atoms with Gasteiger partial charge in [0, 0.05) is 37.0 Å². The SMILES string of the molecule is CCn1c(-c2ccc(N(C)SC)cc2)c(C#N)c2ccc(O)cc21. The van der Waals surface area contributed by atoms with E-state index in [1.807, 2.05) is 38.4 Å². The smallest absolute Gasteiger partial charge is 0.117 e. The Labute approximate surface area is 146 Å². The number of benzene rings is 2. The molecule has 2 aromatic carbocycles. The van der Waals surface area contributed by atoms with E-state index in [4.69, 9.17) is 0 Å². The minimum Gasteiger partial charge on any atom is -0.508 e. The number of aromatic nitrogens is 1. The van der Waals surface area contributed by atoms with Gasteiger partial charge < -0.3 is 14.0 Å². The molecule has 0 unspecified atom stereocenters. The van der Waals surface area contributed by atoms with E-state index in [1.165, 1.54) is 0 Å². The number of nitriles is 1. The van der Waals surface area contributed by atoms with Gasteiger partial charge in [0.2, 0.25) is 0 Å². The van der Waals surface area contributed by atoms with Crippen LogP contribution in [0.5, 0.6) is 5.75 Å². The number of phenols is 1. The molecule has 0 bridgehead atoms. The van der Waals surface area contributed by atoms with Gasteiger partial charge >= 0.3 is 0 Å². The zero-order valence-corrected chi connectivity index (χ0v) is 14.8. The molecule has 1 aromatic heterocycles. The van der Waals surface area contributed by atoms with E-state index in [2.05, 4.69) is 27.1 Å². The van der Waals surface area contributed by atoms with Gasteiger partial charge in [-0.1, -0.05) is 24.1 Å². The Morgan fingerprint density at radius 1 is 1.21 bits per heavy atom. The number of fused-ring (bicyclic) bond motifs is 1. The van der Waals surface area contributed by atoms with Crippen LogP contribution in [0.1, 0.15) is 12.5 Å². The van der Waals surface area contributed by atoms with Crippen LogP contribution in [0.2, 0.25) is 0 Å². The molecule has 0 amide bonds. The van der Waals surface area contributed by atoms with Crippen molar-refractivity contribution in [2.75, 3.05) is 17.6 Å². The molecule has 24 heavy (non-hydrogen) atoms. The monoisotopic (exact) mass is 337 g/mol. The molecular formula is C19H19N3OS. The van der Waals surface area contributed by atoms with E-state index in [1.54, 1.807) is 24.1 Å². The molecule has 0 radical (unpaired) electrons. The van der Waals surface area contributed by atoms with Crippen molar-refractivity contribution in [1.82, 2.24) is 4.57 Å². The largest absolute Gasteiger partial charge is 0.508 e. The Morgan fingerprint density at radius 3 is 2.50 bits per heavy atom. The molecule has 1 N–H and O–H groups in total. The zero-order chi connectivity index (χ0) is 17.3. The minimum absolute atomic E-state index is 0.211. The van der Waals surface area contributed by atoms with Gasteiger partial charge in [-0.25, -0.2) is 0 Å². The second kappa shape index (κ2) is 6.50. The molecular weight excluding hydrogens is 318 g/mol. The number of hydrogen-bond acceptors (Lipinski definition) is 4. The standard InChI is InChI=1S/C19H19N3OS/c1-4-22-18-11-15(23)9-10-16(18)17(12-20)19(22)13-5-7-14(8-6-13)21(2)24-3/h5-11,23H,4H2,1-3H3. The highest BCUT2D eigenvalue weighted by Crippen LogP contribution is 2.35. The van der Waals surface area contributed by atoms with Crippen LogP contribution >= 0.6 is 11.9 Å². The number of nitrogens with zero attached hydrogens (tertiary/aromatic N) is 3. The average Bonchev–Trinajstić information content (AvgIpc) is 2.93. The van der Waals surface area contributed by atoms with Gasteiger partial charge in [-0.3, -0.25) is 0 Å². The highest BCUT2D eigenvalue weighted by Gasteiger charge is 2.18. The Morgan fingerprint density at radius 2 is 1.92 bits per heavy atom. The fourth-order valence-electron chi connectivity index (χ4n) is 3.01. The van der Waals surface area contributed by atoms with Gasteiger partial charge in [-0.05, 0) is 36.8 Å². The number of phenolic OH excluding ortho intramolecular Hbond substituents is 1. The summed E-state index contributed by atoms with van der Waals surface area (Å²) in [6, 6.07) is 15.7. The number of rotatable bonds is 4. The van der Waals surface area contributed by atoms with Gasteiger partial charge in [-0.2, -0.15) is 5.26 Å². The van der Waals surface area contributed by atoms with Crippen LogP contribution in [-0.2, 0) is 6.54 Å². The summed E-state index contributed by atoms with van der Waals surface area (Å²) >= 11 is 1.65. The number of aromatic hydroxyl groups is 1. The number of hydrogen-bond donors (Lipinski definition) is 1. The van der Waals surface area contributed by atoms with Crippen molar-refractivity contribution in [3.05, 3.63) is 48.0 Å². The van der Waals surface area contributed by atoms with E-state index in [0.717, 1.165) is 34.4 Å². The molecule has 0 saturated heterocycles. The fraction of sp³-hybridized carbons (Fsp3) is 0.211. The molecule has 1 heterocycles. The van der Waals surface area contributed by atoms with Crippen LogP contribution in [0.25, 0.3) is 22.2 Å². The summed E-state index contributed by atoms with van der Waals surface area (Å²) in [6.45, 7) is 2.77. The summed E-state index contributed by atoms with van der Waals surface area (Å²) in [6.07, 6.45) is 2.03. The lowest BCUT2D eigenvalue weighted by atomic mass is 10.1. The lowest BCUT2D eigenvalue weighted by Gasteiger charge is -2.16. The molecule has 0 fully saturated rings. The van der Waals surface area contributed by atoms with Crippen molar-refractivity contribution < 1.29 is 5.11 Å². The summed E-state index contributed by atoms with van der Waals surface area (Å²) in [5.74, 6) is 0.211. The first kappa shape index (κ1) is 16.3. The first-order valence-corrected chi connectivity index (χ1v) is 8.92. The van der Waals surface area contributed by atoms with E-state index in [-0.39, 0.29) is 5.75 Å². The highest BCUT2D eigenvalue weighted by atomic mass is 32.2. The third-order valence-corrected chi connectivity index (χ3v) is 5.01. The molecule has 0 aliphatic heterocycles. The van der Waals surface area contributed by atoms with E-state index in [9.17, 15) is 10.4 Å². The summed E-state index contributed by atoms with van der Waals surface area (Å²) < 4.78 is 4.17. The van der Waals surface area contributed by atoms with Gasteiger partial charge in [-0.15, -0.1) is 0 Å². The van der Waals surface area contributed by atoms with Crippen molar-refractivity contribution >= 4 is 28.5 Å². The second-order valence-corrected chi connectivity index (χ2v) is 6.42. The lowest BCUT2D eigenvalue weighted by molar-refractivity contribution is 0.476. The van der Waals surface area contributed by atoms with Crippen LogP contribution in [0.4, 0.5) is 5.69 Å². The molecule has 0 aliphatic rings. The highest BCUT2D eigenvalue weighted by molar-refractivity contribution is 7.99. The van der Waals surface area contributed by atoms with Crippen LogP contribution in [-0.4, -0.2) is 23.0 Å². The normalized spacial score (nSPS) is 10.8. The maximum Gasteiger partial charge on any atom is 0.117 e. The average molecular weight is 337 g/mol. The Bertz CT molecular complexity index is 922. The molecule has 0 saturated carbocycles. The second-order valence-electron chi connectivity index (χ2n) is 5.51. The molecule has 122 valence electrons. The molecule has 5 heteroatoms. The topological polar surface area (TPSA) is 52.2 Å². The van der Waals surface area contributed by atoms with Crippen molar-refractivity contribution in [2.45, 2.75) is 13.5 Å². The zero-order valence-electron chi connectivity index (χ0n) is 13.9. The Hall–Kier alpha value is -2.58. The van der Waals surface area contributed by atoms with E-state index in [0.29, 0.717) is 5.56 Å². The van der Waals surface area contributed by atoms with E-state index >= 15 is 0 Å². The fourth-order valence-corrected chi connectivity index (χ4v) is 3.35. The molecule has 3 aromatic rings. The number of aryl methyl sites for hydroxylation is 1.